The minimum atomic E-state index is -1.13. The lowest BCUT2D eigenvalue weighted by Gasteiger charge is -2.13. The third kappa shape index (κ3) is 3.39. The van der Waals surface area contributed by atoms with E-state index in [0.29, 0.717) is 10.8 Å². The van der Waals surface area contributed by atoms with E-state index in [1.54, 1.807) is 6.07 Å². The third-order valence-corrected chi connectivity index (χ3v) is 4.13. The molecule has 9 heteroatoms. The molecule has 2 aromatic carbocycles. The highest BCUT2D eigenvalue weighted by molar-refractivity contribution is 6.36. The second kappa shape index (κ2) is 7.16. The van der Waals surface area contributed by atoms with Gasteiger partial charge in [-0.25, -0.2) is 8.78 Å². The number of carbonyl (C=O) groups excluding carboxylic acids is 1. The summed E-state index contributed by atoms with van der Waals surface area (Å²) >= 11 is 6.16. The molecule has 0 aliphatic heterocycles. The van der Waals surface area contributed by atoms with Crippen LogP contribution in [-0.2, 0) is 0 Å². The van der Waals surface area contributed by atoms with Gasteiger partial charge in [0.15, 0.2) is 17.6 Å². The van der Waals surface area contributed by atoms with Crippen LogP contribution in [0.1, 0.15) is 10.4 Å². The Bertz CT molecular complexity index is 1100. The Morgan fingerprint density at radius 2 is 1.93 bits per heavy atom. The maximum absolute atomic E-state index is 14.5. The van der Waals surface area contributed by atoms with Crippen molar-refractivity contribution >= 4 is 34.2 Å². The second-order valence-corrected chi connectivity index (χ2v) is 5.90. The fourth-order valence-electron chi connectivity index (χ4n) is 2.65. The summed E-state index contributed by atoms with van der Waals surface area (Å²) in [5.41, 5.74) is 10.4. The average molecular weight is 391 g/mol. The monoisotopic (exact) mass is 390 g/mol. The highest BCUT2D eigenvalue weighted by Gasteiger charge is 2.21. The summed E-state index contributed by atoms with van der Waals surface area (Å²) in [5, 5.41) is 1.06. The first-order chi connectivity index (χ1) is 12.8. The molecule has 1 aromatic heterocycles. The summed E-state index contributed by atoms with van der Waals surface area (Å²) in [6.45, 7) is 0. The van der Waals surface area contributed by atoms with Gasteiger partial charge in [0, 0.05) is 22.5 Å². The highest BCUT2D eigenvalue weighted by Crippen LogP contribution is 2.38. The number of benzene rings is 2. The summed E-state index contributed by atoms with van der Waals surface area (Å²) in [5.74, 6) is -3.22. The number of methoxy groups -OCH3 is 1. The van der Waals surface area contributed by atoms with Crippen molar-refractivity contribution in [1.82, 2.24) is 4.98 Å². The molecule has 0 atom stereocenters. The van der Waals surface area contributed by atoms with E-state index in [1.165, 1.54) is 31.5 Å². The van der Waals surface area contributed by atoms with Gasteiger partial charge in [-0.05, 0) is 24.3 Å². The van der Waals surface area contributed by atoms with Crippen LogP contribution < -0.4 is 16.2 Å². The van der Waals surface area contributed by atoms with E-state index in [4.69, 9.17) is 27.8 Å². The van der Waals surface area contributed by atoms with Crippen LogP contribution in [0.2, 0.25) is 5.02 Å². The Kier molecular flexibility index (Phi) is 4.91. The molecule has 0 radical (unpaired) electrons. The molecular formula is C18H13ClF2N4O2. The Hall–Kier alpha value is -3.26. The van der Waals surface area contributed by atoms with Gasteiger partial charge in [0.2, 0.25) is 0 Å². The molecule has 6 nitrogen and oxygen atoms in total. The van der Waals surface area contributed by atoms with Crippen molar-refractivity contribution in [3.8, 4) is 17.0 Å². The molecule has 138 valence electrons. The topological polar surface area (TPSA) is 104 Å². The van der Waals surface area contributed by atoms with Crippen LogP contribution in [-0.4, -0.2) is 24.0 Å². The first kappa shape index (κ1) is 18.5. The second-order valence-electron chi connectivity index (χ2n) is 5.50. The standard InChI is InChI=1S/C18H13ClF2N4O2/c1-27-13-5-4-12(20)15(21)14(13)16-10-6-8(17(26)25-18(22)23)2-3-9(10)11(19)7-24-16/h2-7H,1H3,(H4,22,23,25,26). The Morgan fingerprint density at radius 1 is 1.19 bits per heavy atom. The number of hydrogen-bond acceptors (Lipinski definition) is 3. The number of hydrogen-bond donors (Lipinski definition) is 2. The fourth-order valence-corrected chi connectivity index (χ4v) is 2.86. The molecule has 4 N–H and O–H groups in total. The summed E-state index contributed by atoms with van der Waals surface area (Å²) in [6.07, 6.45) is 1.31. The molecule has 0 bridgehead atoms. The van der Waals surface area contributed by atoms with Crippen LogP contribution in [0.5, 0.6) is 5.75 Å². The molecule has 0 saturated heterocycles. The zero-order valence-corrected chi connectivity index (χ0v) is 14.7. The van der Waals surface area contributed by atoms with Crippen molar-refractivity contribution in [2.24, 2.45) is 16.5 Å². The number of aliphatic imine (C=N–C) groups is 1. The van der Waals surface area contributed by atoms with E-state index in [-0.39, 0.29) is 27.6 Å². The molecule has 0 unspecified atom stereocenters. The van der Waals surface area contributed by atoms with Gasteiger partial charge in [-0.3, -0.25) is 9.78 Å². The van der Waals surface area contributed by atoms with Gasteiger partial charge in [0.25, 0.3) is 5.91 Å². The van der Waals surface area contributed by atoms with Gasteiger partial charge in [0.05, 0.1) is 23.4 Å². The molecular weight excluding hydrogens is 378 g/mol. The smallest absolute Gasteiger partial charge is 0.280 e. The normalized spacial score (nSPS) is 10.7. The number of amides is 1. The zero-order chi connectivity index (χ0) is 19.7. The number of nitrogens with zero attached hydrogens (tertiary/aromatic N) is 2. The number of carbonyl (C=O) groups is 1. The number of rotatable bonds is 3. The van der Waals surface area contributed by atoms with E-state index in [1.807, 2.05) is 0 Å². The lowest BCUT2D eigenvalue weighted by Crippen LogP contribution is -2.24. The Morgan fingerprint density at radius 3 is 2.59 bits per heavy atom. The van der Waals surface area contributed by atoms with Gasteiger partial charge in [-0.15, -0.1) is 0 Å². The molecule has 0 spiro atoms. The van der Waals surface area contributed by atoms with E-state index >= 15 is 0 Å². The fraction of sp³-hybridized carbons (Fsp3) is 0.0556. The van der Waals surface area contributed by atoms with Crippen LogP contribution in [0.3, 0.4) is 0 Å². The van der Waals surface area contributed by atoms with Gasteiger partial charge in [-0.2, -0.15) is 4.99 Å². The Balaban J connectivity index is 2.35. The predicted octanol–water partition coefficient (Wildman–Crippen LogP) is 3.26. The lowest BCUT2D eigenvalue weighted by atomic mass is 10.00. The SMILES string of the molecule is COc1ccc(F)c(F)c1-c1ncc(Cl)c2ccc(C(=O)N=C(N)N)cc12. The van der Waals surface area contributed by atoms with E-state index in [0.717, 1.165) is 6.07 Å². The van der Waals surface area contributed by atoms with E-state index in [2.05, 4.69) is 9.98 Å². The molecule has 0 fully saturated rings. The van der Waals surface area contributed by atoms with Crippen molar-refractivity contribution < 1.29 is 18.3 Å². The van der Waals surface area contributed by atoms with Crippen molar-refractivity contribution in [1.29, 1.82) is 0 Å². The number of aromatic nitrogens is 1. The number of halogens is 3. The summed E-state index contributed by atoms with van der Waals surface area (Å²) < 4.78 is 33.5. The predicted molar refractivity (Wildman–Crippen MR) is 98.8 cm³/mol. The highest BCUT2D eigenvalue weighted by atomic mass is 35.5. The molecule has 3 rings (SSSR count). The molecule has 3 aromatic rings. The first-order valence-corrected chi connectivity index (χ1v) is 7.96. The number of pyridine rings is 1. The maximum Gasteiger partial charge on any atom is 0.280 e. The molecule has 1 heterocycles. The zero-order valence-electron chi connectivity index (χ0n) is 14.0. The summed E-state index contributed by atoms with van der Waals surface area (Å²) in [7, 11) is 1.32. The van der Waals surface area contributed by atoms with E-state index < -0.39 is 23.5 Å². The number of guanidine groups is 1. The van der Waals surface area contributed by atoms with Gasteiger partial charge >= 0.3 is 0 Å². The third-order valence-electron chi connectivity index (χ3n) is 3.83. The lowest BCUT2D eigenvalue weighted by molar-refractivity contribution is 0.100. The molecule has 27 heavy (non-hydrogen) atoms. The number of ether oxygens (including phenoxy) is 1. The van der Waals surface area contributed by atoms with Crippen molar-refractivity contribution in [3.63, 3.8) is 0 Å². The van der Waals surface area contributed by atoms with Gasteiger partial charge < -0.3 is 16.2 Å². The number of fused-ring (bicyclic) bond motifs is 1. The van der Waals surface area contributed by atoms with Crippen LogP contribution in [0.4, 0.5) is 8.78 Å². The van der Waals surface area contributed by atoms with Crippen LogP contribution in [0.25, 0.3) is 22.0 Å². The van der Waals surface area contributed by atoms with Crippen LogP contribution >= 0.6 is 11.6 Å². The molecule has 0 aliphatic rings. The Labute approximate surface area is 157 Å². The van der Waals surface area contributed by atoms with Gasteiger partial charge in [0.1, 0.15) is 5.75 Å². The van der Waals surface area contributed by atoms with Crippen molar-refractivity contribution in [2.45, 2.75) is 0 Å². The number of nitrogens with two attached hydrogens (primary N) is 2. The van der Waals surface area contributed by atoms with Crippen LogP contribution in [0, 0.1) is 11.6 Å². The van der Waals surface area contributed by atoms with Crippen molar-refractivity contribution in [2.75, 3.05) is 7.11 Å². The first-order valence-electron chi connectivity index (χ1n) is 7.58. The maximum atomic E-state index is 14.5. The van der Waals surface area contributed by atoms with Crippen LogP contribution in [0.15, 0.2) is 41.5 Å². The van der Waals surface area contributed by atoms with E-state index in [9.17, 15) is 13.6 Å². The molecule has 0 saturated carbocycles. The molecule has 1 amide bonds. The average Bonchev–Trinajstić information content (AvgIpc) is 2.64. The van der Waals surface area contributed by atoms with Crippen molar-refractivity contribution in [3.05, 3.63) is 58.7 Å². The minimum absolute atomic E-state index is 0.0580. The summed E-state index contributed by atoms with van der Waals surface area (Å²) in [4.78, 5) is 19.7. The van der Waals surface area contributed by atoms with Gasteiger partial charge in [-0.1, -0.05) is 17.7 Å². The molecule has 0 aliphatic carbocycles. The quantitative estimate of drug-likeness (QED) is 0.527. The summed E-state index contributed by atoms with van der Waals surface area (Å²) in [6, 6.07) is 6.64. The minimum Gasteiger partial charge on any atom is -0.496 e. The largest absolute Gasteiger partial charge is 0.496 e.